The molecule has 0 radical (unpaired) electrons. The van der Waals surface area contributed by atoms with Crippen LogP contribution in [0.1, 0.15) is 41.4 Å². The van der Waals surface area contributed by atoms with E-state index in [-0.39, 0.29) is 23.0 Å². The molecule has 1 N–H and O–H groups in total. The lowest BCUT2D eigenvalue weighted by molar-refractivity contribution is -0.132. The Morgan fingerprint density at radius 3 is 2.19 bits per heavy atom. The Morgan fingerprint density at radius 2 is 1.59 bits per heavy atom. The number of Topliss-reactive ketones (excluding diaryl/α,β-unsaturated/α-hetero) is 1. The number of nitrogens with zero attached hydrogens (tertiary/aromatic N) is 1. The zero-order valence-electron chi connectivity index (χ0n) is 20.9. The first kappa shape index (κ1) is 25.5. The largest absolute Gasteiger partial charge is 0.507 e. The lowest BCUT2D eigenvalue weighted by atomic mass is 9.94. The molecule has 190 valence electrons. The van der Waals surface area contributed by atoms with Crippen LogP contribution in [0.5, 0.6) is 11.5 Å². The standard InChI is InChI=1S/C29H27NO7/c1-17(2)37-29(34)19-10-12-20(13-11-19)30-25(18-8-6-5-7-9-18)24(27(32)28(30)33)26(31)22-16-21(35-3)14-15-23(22)36-4/h5-17,25,31H,1-4H3/b26-24+. The second-order valence-electron chi connectivity index (χ2n) is 8.65. The van der Waals surface area contributed by atoms with E-state index >= 15 is 0 Å². The Hall–Kier alpha value is -4.59. The third kappa shape index (κ3) is 4.91. The van der Waals surface area contributed by atoms with E-state index in [0.29, 0.717) is 28.3 Å². The number of rotatable bonds is 7. The van der Waals surface area contributed by atoms with Crippen LogP contribution in [0.2, 0.25) is 0 Å². The van der Waals surface area contributed by atoms with Gasteiger partial charge in [-0.3, -0.25) is 14.5 Å². The van der Waals surface area contributed by atoms with E-state index in [1.165, 1.54) is 31.3 Å². The average Bonchev–Trinajstić information content (AvgIpc) is 3.18. The number of carbonyl (C=O) groups is 3. The van der Waals surface area contributed by atoms with Crippen LogP contribution in [0.25, 0.3) is 5.76 Å². The zero-order valence-corrected chi connectivity index (χ0v) is 20.9. The highest BCUT2D eigenvalue weighted by Crippen LogP contribution is 2.43. The Morgan fingerprint density at radius 1 is 0.919 bits per heavy atom. The van der Waals surface area contributed by atoms with Gasteiger partial charge in [0.2, 0.25) is 0 Å². The van der Waals surface area contributed by atoms with E-state index in [1.54, 1.807) is 68.4 Å². The number of amides is 1. The van der Waals surface area contributed by atoms with Gasteiger partial charge in [0, 0.05) is 5.69 Å². The molecule has 4 rings (SSSR count). The second kappa shape index (κ2) is 10.6. The predicted molar refractivity (Wildman–Crippen MR) is 138 cm³/mol. The summed E-state index contributed by atoms with van der Waals surface area (Å²) in [6, 6.07) is 19.0. The zero-order chi connectivity index (χ0) is 26.7. The molecule has 3 aromatic rings. The molecule has 1 saturated heterocycles. The van der Waals surface area contributed by atoms with Crippen molar-refractivity contribution in [3.05, 3.63) is 95.1 Å². The Labute approximate surface area is 214 Å². The van der Waals surface area contributed by atoms with Crippen LogP contribution in [0, 0.1) is 0 Å². The first-order chi connectivity index (χ1) is 17.8. The molecule has 0 aromatic heterocycles. The van der Waals surface area contributed by atoms with Crippen molar-refractivity contribution in [2.24, 2.45) is 0 Å². The van der Waals surface area contributed by atoms with E-state index in [1.807, 2.05) is 6.07 Å². The summed E-state index contributed by atoms with van der Waals surface area (Å²) in [6.07, 6.45) is -0.281. The Bertz CT molecular complexity index is 1360. The maximum Gasteiger partial charge on any atom is 0.338 e. The Balaban J connectivity index is 1.87. The van der Waals surface area contributed by atoms with Crippen LogP contribution in [-0.2, 0) is 14.3 Å². The van der Waals surface area contributed by atoms with Crippen LogP contribution < -0.4 is 14.4 Å². The molecule has 1 unspecified atom stereocenters. The molecule has 0 bridgehead atoms. The molecule has 0 spiro atoms. The minimum absolute atomic E-state index is 0.0916. The highest BCUT2D eigenvalue weighted by Gasteiger charge is 2.47. The summed E-state index contributed by atoms with van der Waals surface area (Å²) in [7, 11) is 2.92. The van der Waals surface area contributed by atoms with Crippen molar-refractivity contribution >= 4 is 29.1 Å². The monoisotopic (exact) mass is 501 g/mol. The van der Waals surface area contributed by atoms with Gasteiger partial charge in [0.1, 0.15) is 17.3 Å². The van der Waals surface area contributed by atoms with Crippen molar-refractivity contribution in [3.63, 3.8) is 0 Å². The van der Waals surface area contributed by atoms with Gasteiger partial charge in [-0.15, -0.1) is 0 Å². The number of aliphatic hydroxyl groups excluding tert-OH is 1. The molecule has 0 aliphatic carbocycles. The molecule has 1 heterocycles. The third-order valence-electron chi connectivity index (χ3n) is 5.95. The molecule has 1 fully saturated rings. The van der Waals surface area contributed by atoms with Crippen molar-refractivity contribution < 1.29 is 33.7 Å². The number of ketones is 1. The number of hydrogen-bond donors (Lipinski definition) is 1. The molecular formula is C29H27NO7. The summed E-state index contributed by atoms with van der Waals surface area (Å²) in [5.41, 5.74) is 1.44. The summed E-state index contributed by atoms with van der Waals surface area (Å²) < 4.78 is 15.9. The highest BCUT2D eigenvalue weighted by molar-refractivity contribution is 6.51. The molecule has 8 heteroatoms. The first-order valence-corrected chi connectivity index (χ1v) is 11.7. The number of benzene rings is 3. The van der Waals surface area contributed by atoms with Crippen LogP contribution in [-0.4, -0.2) is 43.1 Å². The number of carbonyl (C=O) groups excluding carboxylic acids is 3. The normalized spacial score (nSPS) is 16.7. The topological polar surface area (TPSA) is 102 Å². The molecule has 37 heavy (non-hydrogen) atoms. The fraction of sp³-hybridized carbons (Fsp3) is 0.207. The van der Waals surface area contributed by atoms with Gasteiger partial charge in [-0.25, -0.2) is 4.79 Å². The maximum atomic E-state index is 13.4. The number of hydrogen-bond acceptors (Lipinski definition) is 7. The summed E-state index contributed by atoms with van der Waals surface area (Å²) in [5.74, 6) is -1.79. The van der Waals surface area contributed by atoms with Crippen LogP contribution >= 0.6 is 0 Å². The second-order valence-corrected chi connectivity index (χ2v) is 8.65. The maximum absolute atomic E-state index is 13.4. The van der Waals surface area contributed by atoms with E-state index < -0.39 is 23.7 Å². The van der Waals surface area contributed by atoms with Crippen molar-refractivity contribution in [1.82, 2.24) is 0 Å². The summed E-state index contributed by atoms with van der Waals surface area (Å²) in [5, 5.41) is 11.4. The van der Waals surface area contributed by atoms with Crippen molar-refractivity contribution in [3.8, 4) is 11.5 Å². The number of esters is 1. The van der Waals surface area contributed by atoms with Gasteiger partial charge >= 0.3 is 5.97 Å². The van der Waals surface area contributed by atoms with Gasteiger partial charge in [-0.2, -0.15) is 0 Å². The highest BCUT2D eigenvalue weighted by atomic mass is 16.5. The van der Waals surface area contributed by atoms with E-state index in [9.17, 15) is 19.5 Å². The first-order valence-electron chi connectivity index (χ1n) is 11.7. The number of methoxy groups -OCH3 is 2. The fourth-order valence-corrected chi connectivity index (χ4v) is 4.23. The SMILES string of the molecule is COc1ccc(OC)c(/C(O)=C2\C(=O)C(=O)N(c3ccc(C(=O)OC(C)C)cc3)C2c2ccccc2)c1. The lowest BCUT2D eigenvalue weighted by Crippen LogP contribution is -2.29. The van der Waals surface area contributed by atoms with Crippen molar-refractivity contribution in [2.75, 3.05) is 19.1 Å². The number of anilines is 1. The summed E-state index contributed by atoms with van der Waals surface area (Å²) in [6.45, 7) is 3.51. The van der Waals surface area contributed by atoms with Gasteiger partial charge in [0.05, 0.1) is 43.1 Å². The number of aliphatic hydroxyl groups is 1. The van der Waals surface area contributed by atoms with Gasteiger partial charge in [0.15, 0.2) is 0 Å². The van der Waals surface area contributed by atoms with Gasteiger partial charge in [0.25, 0.3) is 11.7 Å². The summed E-state index contributed by atoms with van der Waals surface area (Å²) in [4.78, 5) is 40.3. The van der Waals surface area contributed by atoms with E-state index in [4.69, 9.17) is 14.2 Å². The molecular weight excluding hydrogens is 474 g/mol. The molecule has 0 saturated carbocycles. The number of ether oxygens (including phenoxy) is 3. The van der Waals surface area contributed by atoms with Gasteiger partial charge in [-0.05, 0) is 61.9 Å². The van der Waals surface area contributed by atoms with Gasteiger partial charge < -0.3 is 19.3 Å². The minimum atomic E-state index is -0.925. The van der Waals surface area contributed by atoms with Crippen molar-refractivity contribution in [2.45, 2.75) is 26.0 Å². The molecule has 1 aliphatic heterocycles. The van der Waals surface area contributed by atoms with Gasteiger partial charge in [-0.1, -0.05) is 30.3 Å². The molecule has 1 aliphatic rings. The smallest absolute Gasteiger partial charge is 0.338 e. The quantitative estimate of drug-likeness (QED) is 0.213. The van der Waals surface area contributed by atoms with Crippen LogP contribution in [0.15, 0.2) is 78.4 Å². The molecule has 8 nitrogen and oxygen atoms in total. The Kier molecular flexibility index (Phi) is 7.29. The van der Waals surface area contributed by atoms with Crippen LogP contribution in [0.4, 0.5) is 5.69 Å². The fourth-order valence-electron chi connectivity index (χ4n) is 4.23. The molecule has 1 amide bonds. The molecule has 1 atom stereocenters. The van der Waals surface area contributed by atoms with E-state index in [0.717, 1.165) is 0 Å². The summed E-state index contributed by atoms with van der Waals surface area (Å²) >= 11 is 0. The van der Waals surface area contributed by atoms with Crippen LogP contribution in [0.3, 0.4) is 0 Å². The third-order valence-corrected chi connectivity index (χ3v) is 5.95. The lowest BCUT2D eigenvalue weighted by Gasteiger charge is -2.25. The molecule has 3 aromatic carbocycles. The van der Waals surface area contributed by atoms with E-state index in [2.05, 4.69) is 0 Å². The minimum Gasteiger partial charge on any atom is -0.507 e. The average molecular weight is 502 g/mol. The van der Waals surface area contributed by atoms with Crippen molar-refractivity contribution in [1.29, 1.82) is 0 Å². The predicted octanol–water partition coefficient (Wildman–Crippen LogP) is 4.90.